The van der Waals surface area contributed by atoms with Gasteiger partial charge in [-0.3, -0.25) is 4.79 Å². The van der Waals surface area contributed by atoms with E-state index in [2.05, 4.69) is 5.32 Å². The Labute approximate surface area is 110 Å². The number of anilines is 1. The Hall–Kier alpha value is -1.13. The number of amides is 1. The van der Waals surface area contributed by atoms with Crippen LogP contribution in [-0.2, 0) is 4.79 Å². The Bertz CT molecular complexity index is 471. The monoisotopic (exact) mass is 268 g/mol. The Kier molecular flexibility index (Phi) is 3.35. The lowest BCUT2D eigenvalue weighted by atomic mass is 9.68. The molecule has 1 aliphatic carbocycles. The van der Waals surface area contributed by atoms with Crippen LogP contribution in [-0.4, -0.2) is 10.9 Å². The van der Waals surface area contributed by atoms with Crippen molar-refractivity contribution in [2.75, 3.05) is 5.32 Å². The molecule has 0 aliphatic heterocycles. The van der Waals surface area contributed by atoms with Gasteiger partial charge in [-0.1, -0.05) is 42.4 Å². The van der Waals surface area contributed by atoms with E-state index in [9.17, 15) is 4.79 Å². The maximum atomic E-state index is 12.2. The van der Waals surface area contributed by atoms with Crippen molar-refractivity contribution in [3.05, 3.63) is 29.3 Å². The summed E-state index contributed by atoms with van der Waals surface area (Å²) in [4.78, 5) is 12.4. The van der Waals surface area contributed by atoms with Gasteiger partial charge in [0.15, 0.2) is 0 Å². The van der Waals surface area contributed by atoms with Gasteiger partial charge in [-0.2, -0.15) is 0 Å². The van der Waals surface area contributed by atoms with Gasteiger partial charge in [0.25, 0.3) is 0 Å². The maximum Gasteiger partial charge on any atom is 0.237 e. The number of para-hydroxylation sites is 1. The zero-order valence-corrected chi connectivity index (χ0v) is 10.8. The Morgan fingerprint density at radius 1 is 1.41 bits per heavy atom. The van der Waals surface area contributed by atoms with Crippen molar-refractivity contribution in [2.24, 2.45) is 11.1 Å². The van der Waals surface area contributed by atoms with Crippen molar-refractivity contribution in [1.82, 2.24) is 0 Å². The van der Waals surface area contributed by atoms with Crippen LogP contribution in [0.1, 0.15) is 19.3 Å². The fourth-order valence-corrected chi connectivity index (χ4v) is 2.40. The van der Waals surface area contributed by atoms with E-state index in [1.54, 1.807) is 12.1 Å². The summed E-state index contributed by atoms with van der Waals surface area (Å²) in [5, 5.41) is 3.31. The van der Waals surface area contributed by atoms with Crippen molar-refractivity contribution in [1.29, 1.82) is 0 Å². The fraction of sp³-hybridized carbons (Fsp3) is 0.333. The minimum absolute atomic E-state index is 0.149. The van der Waals surface area contributed by atoms with Crippen LogP contribution in [0.25, 0.3) is 0 Å². The van der Waals surface area contributed by atoms with E-state index in [0.29, 0.717) is 10.7 Å². The second-order valence-electron chi connectivity index (χ2n) is 4.23. The molecule has 2 rings (SSSR count). The van der Waals surface area contributed by atoms with Crippen LogP contribution in [0.4, 0.5) is 5.69 Å². The summed E-state index contributed by atoms with van der Waals surface area (Å²) in [6.45, 7) is 0. The van der Waals surface area contributed by atoms with Crippen LogP contribution in [0.3, 0.4) is 0 Å². The average molecular weight is 269 g/mol. The molecule has 1 aromatic rings. The molecule has 3 N–H and O–H groups in total. The minimum atomic E-state index is -0.672. The summed E-state index contributed by atoms with van der Waals surface area (Å²) in [5.41, 5.74) is 5.59. The zero-order chi connectivity index (χ0) is 12.5. The Morgan fingerprint density at radius 2 is 2.06 bits per heavy atom. The highest BCUT2D eigenvalue weighted by Crippen LogP contribution is 2.42. The van der Waals surface area contributed by atoms with Gasteiger partial charge >= 0.3 is 0 Å². The molecule has 1 saturated carbocycles. The van der Waals surface area contributed by atoms with Crippen LogP contribution in [0.15, 0.2) is 24.3 Å². The van der Waals surface area contributed by atoms with Gasteiger partial charge in [0.1, 0.15) is 0 Å². The van der Waals surface area contributed by atoms with Crippen molar-refractivity contribution < 1.29 is 4.79 Å². The molecular formula is C12H13ClN2OS. The second kappa shape index (κ2) is 4.63. The quantitative estimate of drug-likeness (QED) is 0.829. The third-order valence-corrected chi connectivity index (χ3v) is 3.96. The summed E-state index contributed by atoms with van der Waals surface area (Å²) in [7, 11) is 0. The number of carbonyl (C=O) groups excluding carboxylic acids is 1. The summed E-state index contributed by atoms with van der Waals surface area (Å²) in [6.07, 6.45) is 2.42. The number of nitrogens with one attached hydrogen (secondary N) is 1. The molecule has 1 amide bonds. The molecular weight excluding hydrogens is 256 g/mol. The van der Waals surface area contributed by atoms with Gasteiger partial charge < -0.3 is 11.1 Å². The number of carbonyl (C=O) groups is 1. The van der Waals surface area contributed by atoms with Crippen molar-refractivity contribution in [2.45, 2.75) is 19.3 Å². The van der Waals surface area contributed by atoms with E-state index < -0.39 is 5.41 Å². The molecule has 0 atom stereocenters. The Balaban J connectivity index is 2.17. The Morgan fingerprint density at radius 3 is 2.53 bits per heavy atom. The molecule has 17 heavy (non-hydrogen) atoms. The van der Waals surface area contributed by atoms with Crippen molar-refractivity contribution in [3.8, 4) is 0 Å². The molecule has 5 heteroatoms. The van der Waals surface area contributed by atoms with Crippen LogP contribution in [0, 0.1) is 5.41 Å². The van der Waals surface area contributed by atoms with E-state index in [0.717, 1.165) is 19.3 Å². The lowest BCUT2D eigenvalue weighted by Gasteiger charge is -2.39. The molecule has 1 aliphatic rings. The summed E-state index contributed by atoms with van der Waals surface area (Å²) in [6, 6.07) is 7.11. The predicted octanol–water partition coefficient (Wildman–Crippen LogP) is 2.73. The molecule has 0 radical (unpaired) electrons. The number of halogens is 1. The topological polar surface area (TPSA) is 55.1 Å². The smallest absolute Gasteiger partial charge is 0.237 e. The third kappa shape index (κ3) is 2.15. The fourth-order valence-electron chi connectivity index (χ4n) is 1.92. The van der Waals surface area contributed by atoms with Crippen LogP contribution in [0.2, 0.25) is 5.02 Å². The third-order valence-electron chi connectivity index (χ3n) is 3.24. The van der Waals surface area contributed by atoms with Gasteiger partial charge in [0, 0.05) is 0 Å². The highest BCUT2D eigenvalue weighted by atomic mass is 35.5. The molecule has 1 fully saturated rings. The molecule has 0 heterocycles. The molecule has 90 valence electrons. The lowest BCUT2D eigenvalue weighted by molar-refractivity contribution is -0.125. The summed E-state index contributed by atoms with van der Waals surface area (Å²) >= 11 is 11.0. The lowest BCUT2D eigenvalue weighted by Crippen LogP contribution is -2.50. The molecule has 0 aromatic heterocycles. The molecule has 0 unspecified atom stereocenters. The zero-order valence-electron chi connectivity index (χ0n) is 9.20. The number of hydrogen-bond donors (Lipinski definition) is 2. The first-order chi connectivity index (χ1) is 8.06. The van der Waals surface area contributed by atoms with E-state index in [1.807, 2.05) is 12.1 Å². The van der Waals surface area contributed by atoms with E-state index >= 15 is 0 Å². The van der Waals surface area contributed by atoms with Gasteiger partial charge in [-0.15, -0.1) is 0 Å². The van der Waals surface area contributed by atoms with Crippen molar-refractivity contribution in [3.63, 3.8) is 0 Å². The largest absolute Gasteiger partial charge is 0.392 e. The first-order valence-electron chi connectivity index (χ1n) is 5.42. The summed E-state index contributed by atoms with van der Waals surface area (Å²) < 4.78 is 0. The van der Waals surface area contributed by atoms with Crippen molar-refractivity contribution >= 4 is 40.4 Å². The number of rotatable bonds is 3. The number of benzene rings is 1. The number of hydrogen-bond acceptors (Lipinski definition) is 2. The first-order valence-corrected chi connectivity index (χ1v) is 6.21. The molecule has 3 nitrogen and oxygen atoms in total. The highest BCUT2D eigenvalue weighted by molar-refractivity contribution is 7.80. The molecule has 0 bridgehead atoms. The number of thiocarbonyl (C=S) groups is 1. The average Bonchev–Trinajstić information content (AvgIpc) is 2.19. The second-order valence-corrected chi connectivity index (χ2v) is 5.08. The SMILES string of the molecule is NC(=S)C1(C(=O)Nc2ccccc2Cl)CCC1. The predicted molar refractivity (Wildman–Crippen MR) is 73.2 cm³/mol. The maximum absolute atomic E-state index is 12.2. The molecule has 0 saturated heterocycles. The standard InChI is InChI=1S/C12H13ClN2OS/c13-8-4-1-2-5-9(8)15-11(16)12(10(14)17)6-3-7-12/h1-2,4-5H,3,6-7H2,(H2,14,17)(H,15,16). The van der Waals surface area contributed by atoms with E-state index in [4.69, 9.17) is 29.6 Å². The minimum Gasteiger partial charge on any atom is -0.392 e. The first kappa shape index (κ1) is 12.3. The van der Waals surface area contributed by atoms with Crippen LogP contribution >= 0.6 is 23.8 Å². The van der Waals surface area contributed by atoms with Gasteiger partial charge in [-0.25, -0.2) is 0 Å². The van der Waals surface area contributed by atoms with Gasteiger partial charge in [0.2, 0.25) is 5.91 Å². The molecule has 0 spiro atoms. The summed E-state index contributed by atoms with van der Waals surface area (Å²) in [5.74, 6) is -0.149. The van der Waals surface area contributed by atoms with E-state index in [-0.39, 0.29) is 10.9 Å². The van der Waals surface area contributed by atoms with Crippen LogP contribution < -0.4 is 11.1 Å². The normalized spacial score (nSPS) is 17.0. The van der Waals surface area contributed by atoms with E-state index in [1.165, 1.54) is 0 Å². The highest BCUT2D eigenvalue weighted by Gasteiger charge is 2.47. The molecule has 1 aromatic carbocycles. The van der Waals surface area contributed by atoms with Gasteiger partial charge in [-0.05, 0) is 25.0 Å². The van der Waals surface area contributed by atoms with Gasteiger partial charge in [0.05, 0.1) is 21.1 Å². The van der Waals surface area contributed by atoms with Crippen LogP contribution in [0.5, 0.6) is 0 Å². The number of nitrogens with two attached hydrogens (primary N) is 1.